The average molecular weight is 248 g/mol. The molecule has 0 saturated heterocycles. The Morgan fingerprint density at radius 3 is 2.78 bits per heavy atom. The van der Waals surface area contributed by atoms with Gasteiger partial charge in [-0.2, -0.15) is 0 Å². The molecule has 18 heavy (non-hydrogen) atoms. The standard InChI is InChI=1S/C15H20O3/c1-5-15(4,17)8-6-7-12(3)14(16)13-9-11(2)10-18-13/h5,7,9-10,17H,1,6,8H2,2-4H3. The van der Waals surface area contributed by atoms with Gasteiger partial charge in [-0.25, -0.2) is 0 Å². The van der Waals surface area contributed by atoms with Crippen LogP contribution < -0.4 is 0 Å². The Labute approximate surface area is 108 Å². The van der Waals surface area contributed by atoms with E-state index in [-0.39, 0.29) is 5.78 Å². The van der Waals surface area contributed by atoms with Gasteiger partial charge in [-0.15, -0.1) is 6.58 Å². The van der Waals surface area contributed by atoms with Crippen molar-refractivity contribution >= 4 is 5.78 Å². The monoisotopic (exact) mass is 248 g/mol. The molecule has 0 spiro atoms. The zero-order chi connectivity index (χ0) is 13.8. The molecular weight excluding hydrogens is 228 g/mol. The number of aliphatic hydroxyl groups is 1. The van der Waals surface area contributed by atoms with Gasteiger partial charge in [0.2, 0.25) is 5.78 Å². The van der Waals surface area contributed by atoms with Gasteiger partial charge in [0.05, 0.1) is 11.9 Å². The molecule has 3 nitrogen and oxygen atoms in total. The maximum Gasteiger partial charge on any atom is 0.223 e. The highest BCUT2D eigenvalue weighted by atomic mass is 16.3. The summed E-state index contributed by atoms with van der Waals surface area (Å²) in [4.78, 5) is 11.9. The summed E-state index contributed by atoms with van der Waals surface area (Å²) in [7, 11) is 0. The first-order valence-electron chi connectivity index (χ1n) is 5.98. The lowest BCUT2D eigenvalue weighted by atomic mass is 9.99. The maximum atomic E-state index is 11.9. The van der Waals surface area contributed by atoms with Crippen molar-refractivity contribution in [3.8, 4) is 0 Å². The molecule has 0 fully saturated rings. The lowest BCUT2D eigenvalue weighted by Gasteiger charge is -2.16. The Hall–Kier alpha value is -1.61. The van der Waals surface area contributed by atoms with Gasteiger partial charge in [-0.05, 0) is 50.8 Å². The normalized spacial score (nSPS) is 15.2. The van der Waals surface area contributed by atoms with Crippen LogP contribution in [-0.4, -0.2) is 16.5 Å². The minimum atomic E-state index is -0.888. The van der Waals surface area contributed by atoms with Gasteiger partial charge >= 0.3 is 0 Å². The summed E-state index contributed by atoms with van der Waals surface area (Å²) in [6.45, 7) is 8.89. The first-order valence-corrected chi connectivity index (χ1v) is 5.98. The number of carbonyl (C=O) groups excluding carboxylic acids is 1. The van der Waals surface area contributed by atoms with E-state index in [2.05, 4.69) is 6.58 Å². The van der Waals surface area contributed by atoms with E-state index in [9.17, 15) is 9.90 Å². The number of carbonyl (C=O) groups is 1. The highest BCUT2D eigenvalue weighted by Crippen LogP contribution is 2.16. The SMILES string of the molecule is C=CC(C)(O)CCC=C(C)C(=O)c1cc(C)co1. The third-order valence-electron chi connectivity index (χ3n) is 2.85. The van der Waals surface area contributed by atoms with Crippen LogP contribution in [0.3, 0.4) is 0 Å². The van der Waals surface area contributed by atoms with Gasteiger partial charge in [0.25, 0.3) is 0 Å². The second kappa shape index (κ2) is 5.83. The molecule has 1 heterocycles. The van der Waals surface area contributed by atoms with Crippen LogP contribution >= 0.6 is 0 Å². The quantitative estimate of drug-likeness (QED) is 0.476. The minimum Gasteiger partial charge on any atom is -0.461 e. The van der Waals surface area contributed by atoms with E-state index in [1.54, 1.807) is 26.2 Å². The van der Waals surface area contributed by atoms with Gasteiger partial charge in [0.1, 0.15) is 0 Å². The summed E-state index contributed by atoms with van der Waals surface area (Å²) in [6, 6.07) is 1.72. The zero-order valence-electron chi connectivity index (χ0n) is 11.2. The molecule has 3 heteroatoms. The summed E-state index contributed by atoms with van der Waals surface area (Å²) in [6.07, 6.45) is 6.05. The molecule has 0 radical (unpaired) electrons. The fourth-order valence-corrected chi connectivity index (χ4v) is 1.52. The van der Waals surface area contributed by atoms with Gasteiger partial charge in [0, 0.05) is 0 Å². The smallest absolute Gasteiger partial charge is 0.223 e. The van der Waals surface area contributed by atoms with Crippen LogP contribution in [0.1, 0.15) is 42.8 Å². The van der Waals surface area contributed by atoms with Crippen molar-refractivity contribution in [2.45, 2.75) is 39.2 Å². The largest absolute Gasteiger partial charge is 0.461 e. The third-order valence-corrected chi connectivity index (χ3v) is 2.85. The number of hydrogen-bond acceptors (Lipinski definition) is 3. The van der Waals surface area contributed by atoms with Crippen LogP contribution in [-0.2, 0) is 0 Å². The Morgan fingerprint density at radius 2 is 2.28 bits per heavy atom. The van der Waals surface area contributed by atoms with E-state index in [1.165, 1.54) is 6.08 Å². The van der Waals surface area contributed by atoms with Gasteiger partial charge < -0.3 is 9.52 Å². The van der Waals surface area contributed by atoms with Gasteiger partial charge in [-0.3, -0.25) is 4.79 Å². The number of rotatable bonds is 6. The Morgan fingerprint density at radius 1 is 1.61 bits per heavy atom. The van der Waals surface area contributed by atoms with Crippen LogP contribution in [0.5, 0.6) is 0 Å². The first kappa shape index (κ1) is 14.5. The predicted octanol–water partition coefficient (Wildman–Crippen LogP) is 3.43. The van der Waals surface area contributed by atoms with Crippen molar-refractivity contribution in [2.24, 2.45) is 0 Å². The van der Waals surface area contributed by atoms with Crippen molar-refractivity contribution in [3.63, 3.8) is 0 Å². The number of ketones is 1. The van der Waals surface area contributed by atoms with E-state index in [4.69, 9.17) is 4.42 Å². The third kappa shape index (κ3) is 4.00. The molecule has 0 amide bonds. The second-order valence-corrected chi connectivity index (χ2v) is 4.80. The number of furan rings is 1. The molecule has 1 unspecified atom stereocenters. The van der Waals surface area contributed by atoms with Crippen LogP contribution in [0.2, 0.25) is 0 Å². The van der Waals surface area contributed by atoms with Crippen LogP contribution in [0.15, 0.2) is 41.1 Å². The van der Waals surface area contributed by atoms with E-state index in [0.29, 0.717) is 24.2 Å². The molecule has 0 saturated carbocycles. The number of hydrogen-bond donors (Lipinski definition) is 1. The summed E-state index contributed by atoms with van der Waals surface area (Å²) in [5, 5.41) is 9.74. The molecule has 1 rings (SSSR count). The highest BCUT2D eigenvalue weighted by Gasteiger charge is 2.15. The molecule has 1 aromatic rings. The van der Waals surface area contributed by atoms with Crippen LogP contribution in [0.25, 0.3) is 0 Å². The van der Waals surface area contributed by atoms with Crippen molar-refractivity contribution in [2.75, 3.05) is 0 Å². The fraction of sp³-hybridized carbons (Fsp3) is 0.400. The lowest BCUT2D eigenvalue weighted by molar-refractivity contribution is 0.0992. The molecule has 1 aromatic heterocycles. The predicted molar refractivity (Wildman–Crippen MR) is 71.6 cm³/mol. The lowest BCUT2D eigenvalue weighted by Crippen LogP contribution is -2.19. The first-order chi connectivity index (χ1) is 8.35. The molecule has 0 aromatic carbocycles. The van der Waals surface area contributed by atoms with Crippen molar-refractivity contribution in [1.29, 1.82) is 0 Å². The van der Waals surface area contributed by atoms with E-state index in [0.717, 1.165) is 5.56 Å². The molecule has 1 N–H and O–H groups in total. The highest BCUT2D eigenvalue weighted by molar-refractivity contribution is 6.06. The van der Waals surface area contributed by atoms with E-state index >= 15 is 0 Å². The summed E-state index contributed by atoms with van der Waals surface area (Å²) in [5.41, 5.74) is 0.672. The summed E-state index contributed by atoms with van der Waals surface area (Å²) in [5.74, 6) is 0.248. The number of aryl methyl sites for hydroxylation is 1. The van der Waals surface area contributed by atoms with Crippen molar-refractivity contribution < 1.29 is 14.3 Å². The zero-order valence-corrected chi connectivity index (χ0v) is 11.2. The number of Topliss-reactive ketones (excluding diaryl/α,β-unsaturated/α-hetero) is 1. The van der Waals surface area contributed by atoms with Crippen LogP contribution in [0.4, 0.5) is 0 Å². The molecule has 0 aliphatic carbocycles. The number of allylic oxidation sites excluding steroid dienone is 2. The Bertz CT molecular complexity index is 464. The van der Waals surface area contributed by atoms with Gasteiger partial charge in [0.15, 0.2) is 5.76 Å². The maximum absolute atomic E-state index is 11.9. The second-order valence-electron chi connectivity index (χ2n) is 4.80. The molecule has 98 valence electrons. The molecule has 0 bridgehead atoms. The Kier molecular flexibility index (Phi) is 4.68. The summed E-state index contributed by atoms with van der Waals surface area (Å²) < 4.78 is 5.16. The summed E-state index contributed by atoms with van der Waals surface area (Å²) >= 11 is 0. The molecular formula is C15H20O3. The van der Waals surface area contributed by atoms with E-state index < -0.39 is 5.60 Å². The van der Waals surface area contributed by atoms with E-state index in [1.807, 2.05) is 13.0 Å². The molecule has 0 aliphatic rings. The van der Waals surface area contributed by atoms with Crippen LogP contribution in [0, 0.1) is 6.92 Å². The fourth-order valence-electron chi connectivity index (χ4n) is 1.52. The van der Waals surface area contributed by atoms with Crippen molar-refractivity contribution in [1.82, 2.24) is 0 Å². The molecule has 0 aliphatic heterocycles. The molecule has 1 atom stereocenters. The minimum absolute atomic E-state index is 0.110. The van der Waals surface area contributed by atoms with Gasteiger partial charge in [-0.1, -0.05) is 12.2 Å². The Balaban J connectivity index is 2.62. The van der Waals surface area contributed by atoms with Crippen molar-refractivity contribution in [3.05, 3.63) is 48.0 Å². The average Bonchev–Trinajstić information content (AvgIpc) is 2.74. The topological polar surface area (TPSA) is 50.4 Å².